The molecule has 0 radical (unpaired) electrons. The predicted molar refractivity (Wildman–Crippen MR) is 378 cm³/mol. The van der Waals surface area contributed by atoms with Gasteiger partial charge in [0.25, 0.3) is 0 Å². The number of nitrogens with one attached hydrogen (secondary N) is 1. The molecule has 96 heavy (non-hydrogen) atoms. The van der Waals surface area contributed by atoms with Gasteiger partial charge in [-0.1, -0.05) is 244 Å². The second-order valence-electron chi connectivity index (χ2n) is 25.3. The van der Waals surface area contributed by atoms with E-state index in [1.807, 2.05) is 0 Å². The summed E-state index contributed by atoms with van der Waals surface area (Å²) in [7, 11) is 0. The molecule has 3 aliphatic heterocycles. The normalized spacial score (nSPS) is 27.9. The number of hydrogen-bond donors (Lipinski definition) is 12. The molecule has 3 saturated heterocycles. The average molecular weight is 1350 g/mol. The third-order valence-electron chi connectivity index (χ3n) is 17.2. The van der Waals surface area contributed by atoms with Crippen LogP contribution in [0.4, 0.5) is 0 Å². The van der Waals surface area contributed by atoms with Crippen LogP contribution in [0.25, 0.3) is 0 Å². The van der Waals surface area contributed by atoms with Crippen LogP contribution in [0.15, 0.2) is 134 Å². The van der Waals surface area contributed by atoms with Crippen molar-refractivity contribution in [3.8, 4) is 0 Å². The summed E-state index contributed by atoms with van der Waals surface area (Å²) in [4.78, 5) is 13.4. The van der Waals surface area contributed by atoms with E-state index in [0.29, 0.717) is 19.3 Å². The maximum atomic E-state index is 13.4. The lowest BCUT2D eigenvalue weighted by molar-refractivity contribution is -0.379. The number of unbranched alkanes of at least 4 members (excludes halogenated alkanes) is 16. The molecule has 3 fully saturated rings. The Balaban J connectivity index is 1.38. The molecule has 0 spiro atoms. The monoisotopic (exact) mass is 1350 g/mol. The number of hydrogen-bond acceptors (Lipinski definition) is 18. The fourth-order valence-corrected chi connectivity index (χ4v) is 11.4. The summed E-state index contributed by atoms with van der Waals surface area (Å²) in [5.74, 6) is -0.281. The average Bonchev–Trinajstić information content (AvgIpc) is 0.787. The highest BCUT2D eigenvalue weighted by Crippen LogP contribution is 2.33. The van der Waals surface area contributed by atoms with Crippen molar-refractivity contribution >= 4 is 5.91 Å². The Morgan fingerprint density at radius 3 is 1.11 bits per heavy atom. The Morgan fingerprint density at radius 2 is 0.719 bits per heavy atom. The van der Waals surface area contributed by atoms with E-state index in [1.165, 1.54) is 64.2 Å². The molecule has 17 unspecified atom stereocenters. The molecule has 0 aromatic rings. The molecule has 0 saturated carbocycles. The summed E-state index contributed by atoms with van der Waals surface area (Å²) < 4.78 is 34.4. The second kappa shape index (κ2) is 56.7. The van der Waals surface area contributed by atoms with Crippen molar-refractivity contribution in [3.63, 3.8) is 0 Å². The van der Waals surface area contributed by atoms with Gasteiger partial charge in [-0.25, -0.2) is 0 Å². The highest BCUT2D eigenvalue weighted by molar-refractivity contribution is 5.76. The first kappa shape index (κ1) is 86.2. The summed E-state index contributed by atoms with van der Waals surface area (Å²) >= 11 is 0. The van der Waals surface area contributed by atoms with Gasteiger partial charge in [-0.05, 0) is 96.3 Å². The predicted octanol–water partition coefficient (Wildman–Crippen LogP) is 10.5. The molecule has 17 atom stereocenters. The third-order valence-corrected chi connectivity index (χ3v) is 17.2. The van der Waals surface area contributed by atoms with Gasteiger partial charge in [0.2, 0.25) is 5.91 Å². The van der Waals surface area contributed by atoms with E-state index in [2.05, 4.69) is 153 Å². The summed E-state index contributed by atoms with van der Waals surface area (Å²) in [5, 5.41) is 121. The Hall–Kier alpha value is -4.07. The van der Waals surface area contributed by atoms with Gasteiger partial charge in [0.05, 0.1) is 38.6 Å². The van der Waals surface area contributed by atoms with E-state index >= 15 is 0 Å². The van der Waals surface area contributed by atoms with Crippen molar-refractivity contribution in [1.82, 2.24) is 5.32 Å². The largest absolute Gasteiger partial charge is 0.394 e. The molecule has 1 amide bonds. The van der Waals surface area contributed by atoms with Crippen LogP contribution >= 0.6 is 0 Å². The summed E-state index contributed by atoms with van der Waals surface area (Å²) in [6.07, 6.45) is 52.5. The van der Waals surface area contributed by atoms with E-state index in [9.17, 15) is 61.0 Å². The number of rotatable bonds is 54. The van der Waals surface area contributed by atoms with Crippen molar-refractivity contribution < 1.29 is 89.4 Å². The van der Waals surface area contributed by atoms with E-state index < -0.39 is 124 Å². The lowest BCUT2D eigenvalue weighted by Gasteiger charge is -2.48. The van der Waals surface area contributed by atoms with Gasteiger partial charge in [0, 0.05) is 6.42 Å². The van der Waals surface area contributed by atoms with Crippen LogP contribution in [-0.2, 0) is 33.2 Å². The van der Waals surface area contributed by atoms with Crippen LogP contribution in [0, 0.1) is 0 Å². The number of aliphatic hydroxyl groups excluding tert-OH is 11. The second-order valence-corrected chi connectivity index (χ2v) is 25.3. The van der Waals surface area contributed by atoms with E-state index in [-0.39, 0.29) is 18.9 Å². The smallest absolute Gasteiger partial charge is 0.220 e. The zero-order valence-electron chi connectivity index (χ0n) is 58.0. The van der Waals surface area contributed by atoms with Crippen LogP contribution in [0.3, 0.4) is 0 Å². The Labute approximate surface area is 575 Å². The molecular weight excluding hydrogens is 1230 g/mol. The van der Waals surface area contributed by atoms with Gasteiger partial charge in [0.15, 0.2) is 18.9 Å². The highest BCUT2D eigenvalue weighted by Gasteiger charge is 2.53. The van der Waals surface area contributed by atoms with E-state index in [0.717, 1.165) is 109 Å². The highest BCUT2D eigenvalue weighted by atomic mass is 16.8. The minimum Gasteiger partial charge on any atom is -0.394 e. The van der Waals surface area contributed by atoms with Gasteiger partial charge in [0.1, 0.15) is 73.2 Å². The van der Waals surface area contributed by atoms with E-state index in [1.54, 1.807) is 0 Å². The minimum absolute atomic E-state index is 0.217. The van der Waals surface area contributed by atoms with E-state index in [4.69, 9.17) is 28.4 Å². The molecule has 3 rings (SSSR count). The Morgan fingerprint density at radius 1 is 0.385 bits per heavy atom. The van der Waals surface area contributed by atoms with Crippen LogP contribution in [0.1, 0.15) is 213 Å². The molecule has 3 heterocycles. The first-order valence-corrected chi connectivity index (χ1v) is 36.4. The van der Waals surface area contributed by atoms with Gasteiger partial charge < -0.3 is 89.9 Å². The van der Waals surface area contributed by atoms with Crippen molar-refractivity contribution in [1.29, 1.82) is 0 Å². The van der Waals surface area contributed by atoms with Crippen LogP contribution in [-0.4, -0.2) is 193 Å². The fraction of sp³-hybridized carbons (Fsp3) is 0.701. The number of aliphatic hydroxyl groups is 11. The maximum absolute atomic E-state index is 13.4. The zero-order chi connectivity index (χ0) is 69.6. The third kappa shape index (κ3) is 37.4. The van der Waals surface area contributed by atoms with Crippen LogP contribution in [0.5, 0.6) is 0 Å². The van der Waals surface area contributed by atoms with Gasteiger partial charge in [-0.15, -0.1) is 0 Å². The first-order chi connectivity index (χ1) is 46.8. The standard InChI is InChI=1S/C77H127NO18/c1-3-5-7-9-11-13-15-17-19-20-21-22-23-24-25-26-27-28-29-30-31-32-33-34-35-36-37-38-39-40-41-43-45-47-49-51-53-55-65(83)78-60(61(82)54-52-50-48-46-44-42-18-16-14-12-10-8-6-4-2)59-91-75-71(89)68(86)73(63(57-80)93-75)96-77-72(90)69(87)74(64(58-81)94-77)95-76-70(88)67(85)66(84)62(56-79)92-76/h5,7,11,13,17,19,21-22,24-25,27-28,30-31,33-34,36-37,39-40,43,45,60-64,66-77,79-82,84-90H,3-4,6,8-10,12,14-16,18,20,23,26,29,32,35,38,41-42,44,46-59H2,1-2H3,(H,78,83)/b7-5-,13-11-,19-17-,22-21-,25-24-,28-27-,31-30-,34-33-,37-36-,40-39-,45-43-. The Bertz CT molecular complexity index is 2260. The van der Waals surface area contributed by atoms with Crippen molar-refractivity contribution in [2.75, 3.05) is 26.4 Å². The minimum atomic E-state index is -1.98. The zero-order valence-corrected chi connectivity index (χ0v) is 58.0. The number of carbonyl (C=O) groups is 1. The van der Waals surface area contributed by atoms with Crippen molar-refractivity contribution in [2.45, 2.75) is 317 Å². The molecule has 0 bridgehead atoms. The lowest BCUT2D eigenvalue weighted by Crippen LogP contribution is -2.66. The molecular formula is C77H127NO18. The number of allylic oxidation sites excluding steroid dienone is 22. The fourth-order valence-electron chi connectivity index (χ4n) is 11.4. The summed E-state index contributed by atoms with van der Waals surface area (Å²) in [6, 6.07) is -0.915. The Kier molecular flexibility index (Phi) is 50.8. The van der Waals surface area contributed by atoms with Crippen molar-refractivity contribution in [3.05, 3.63) is 134 Å². The van der Waals surface area contributed by atoms with Crippen LogP contribution in [0.2, 0.25) is 0 Å². The summed E-state index contributed by atoms with van der Waals surface area (Å²) in [5.41, 5.74) is 0. The first-order valence-electron chi connectivity index (χ1n) is 36.4. The number of amides is 1. The van der Waals surface area contributed by atoms with Gasteiger partial charge in [-0.2, -0.15) is 0 Å². The van der Waals surface area contributed by atoms with Gasteiger partial charge >= 0.3 is 0 Å². The van der Waals surface area contributed by atoms with Crippen LogP contribution < -0.4 is 5.32 Å². The number of carbonyl (C=O) groups excluding carboxylic acids is 1. The number of ether oxygens (including phenoxy) is 6. The lowest BCUT2D eigenvalue weighted by atomic mass is 9.96. The van der Waals surface area contributed by atoms with Crippen molar-refractivity contribution in [2.24, 2.45) is 0 Å². The van der Waals surface area contributed by atoms with Gasteiger partial charge in [-0.3, -0.25) is 4.79 Å². The molecule has 0 aromatic carbocycles. The quantitative estimate of drug-likeness (QED) is 0.0199. The summed E-state index contributed by atoms with van der Waals surface area (Å²) in [6.45, 7) is 1.63. The maximum Gasteiger partial charge on any atom is 0.220 e. The molecule has 19 heteroatoms. The topological polar surface area (TPSA) is 307 Å². The molecule has 548 valence electrons. The molecule has 0 aliphatic carbocycles. The molecule has 19 nitrogen and oxygen atoms in total. The molecule has 12 N–H and O–H groups in total. The molecule has 0 aromatic heterocycles. The molecule has 3 aliphatic rings. The SMILES string of the molecule is CC/C=C\C/C=C\C/C=C\C/C=C\C/C=C\C/C=C\C/C=C\C/C=C\C/C=C\C/C=C\C/C=C\CCCCCC(=O)NC(COC1OC(CO)C(OC2OC(CO)C(OC3OC(CO)C(O)C(O)C3O)C(O)C2O)C(O)C1O)C(O)CCCCCCCCCCCCCCCC.